The van der Waals surface area contributed by atoms with Gasteiger partial charge in [0.25, 0.3) is 0 Å². The summed E-state index contributed by atoms with van der Waals surface area (Å²) in [7, 11) is 7.53. The van der Waals surface area contributed by atoms with Crippen LogP contribution in [0.4, 0.5) is 0 Å². The number of hydrogen-bond acceptors (Lipinski definition) is 4. The van der Waals surface area contributed by atoms with Gasteiger partial charge in [0.05, 0.1) is 19.4 Å². The quantitative estimate of drug-likeness (QED) is 0.568. The first-order valence-corrected chi connectivity index (χ1v) is 8.41. The summed E-state index contributed by atoms with van der Waals surface area (Å²) in [6.45, 7) is 1.52. The molecule has 25 heavy (non-hydrogen) atoms. The van der Waals surface area contributed by atoms with Crippen LogP contribution in [0.3, 0.4) is 0 Å². The highest BCUT2D eigenvalue weighted by molar-refractivity contribution is 5.79. The minimum atomic E-state index is 0.148. The fourth-order valence-electron chi connectivity index (χ4n) is 2.55. The highest BCUT2D eigenvalue weighted by Gasteiger charge is 2.17. The zero-order chi connectivity index (χ0) is 18.1. The first-order valence-electron chi connectivity index (χ1n) is 8.41. The van der Waals surface area contributed by atoms with E-state index in [0.29, 0.717) is 6.54 Å². The Hall–Kier alpha value is -2.47. The average molecular weight is 344 g/mol. The Balaban J connectivity index is 1.79. The van der Waals surface area contributed by atoms with Gasteiger partial charge in [-0.1, -0.05) is 12.1 Å². The predicted octanol–water partition coefficient (Wildman–Crippen LogP) is 2.30. The van der Waals surface area contributed by atoms with Gasteiger partial charge in [0.15, 0.2) is 5.96 Å². The highest BCUT2D eigenvalue weighted by Crippen LogP contribution is 2.17. The zero-order valence-electron chi connectivity index (χ0n) is 15.5. The van der Waals surface area contributed by atoms with E-state index in [0.717, 1.165) is 30.4 Å². The number of benzene rings is 1. The summed E-state index contributed by atoms with van der Waals surface area (Å²) in [6, 6.07) is 12.2. The lowest BCUT2D eigenvalue weighted by Crippen LogP contribution is -2.42. The fourth-order valence-corrected chi connectivity index (χ4v) is 2.55. The number of furan rings is 1. The van der Waals surface area contributed by atoms with E-state index in [2.05, 4.69) is 32.7 Å². The standard InChI is InChI=1S/C19H28N4O2/c1-20-19(21-12-11-15-7-9-16(24-4)10-8-15)22-14-17(23(2)3)18-6-5-13-25-18/h5-10,13,17H,11-12,14H2,1-4H3,(H2,20,21,22). The van der Waals surface area contributed by atoms with Gasteiger partial charge in [0.1, 0.15) is 11.5 Å². The Bertz CT molecular complexity index is 636. The lowest BCUT2D eigenvalue weighted by atomic mass is 10.1. The van der Waals surface area contributed by atoms with Crippen molar-refractivity contribution >= 4 is 5.96 Å². The van der Waals surface area contributed by atoms with Gasteiger partial charge >= 0.3 is 0 Å². The van der Waals surface area contributed by atoms with Crippen molar-refractivity contribution in [1.29, 1.82) is 0 Å². The van der Waals surface area contributed by atoms with Gasteiger partial charge in [0, 0.05) is 20.1 Å². The van der Waals surface area contributed by atoms with Crippen LogP contribution in [-0.2, 0) is 6.42 Å². The Morgan fingerprint density at radius 1 is 1.20 bits per heavy atom. The van der Waals surface area contributed by atoms with Crippen LogP contribution < -0.4 is 15.4 Å². The summed E-state index contributed by atoms with van der Waals surface area (Å²) < 4.78 is 10.7. The van der Waals surface area contributed by atoms with Gasteiger partial charge in [-0.05, 0) is 50.3 Å². The van der Waals surface area contributed by atoms with Gasteiger partial charge in [-0.3, -0.25) is 9.89 Å². The molecular formula is C19H28N4O2. The lowest BCUT2D eigenvalue weighted by Gasteiger charge is -2.23. The van der Waals surface area contributed by atoms with Crippen molar-refractivity contribution in [2.45, 2.75) is 12.5 Å². The second-order valence-electron chi connectivity index (χ2n) is 5.97. The molecule has 0 saturated heterocycles. The van der Waals surface area contributed by atoms with Gasteiger partial charge in [-0.25, -0.2) is 0 Å². The number of likely N-dealkylation sites (N-methyl/N-ethyl adjacent to an activating group) is 1. The van der Waals surface area contributed by atoms with Crippen LogP contribution in [0.25, 0.3) is 0 Å². The highest BCUT2D eigenvalue weighted by atomic mass is 16.5. The van der Waals surface area contributed by atoms with E-state index in [1.807, 2.05) is 38.4 Å². The molecule has 0 bridgehead atoms. The summed E-state index contributed by atoms with van der Waals surface area (Å²) in [5.41, 5.74) is 1.26. The maximum atomic E-state index is 5.53. The number of hydrogen-bond donors (Lipinski definition) is 2. The lowest BCUT2D eigenvalue weighted by molar-refractivity contribution is 0.258. The summed E-state index contributed by atoms with van der Waals surface area (Å²) in [4.78, 5) is 6.41. The molecule has 1 unspecified atom stereocenters. The van der Waals surface area contributed by atoms with E-state index in [1.165, 1.54) is 5.56 Å². The topological polar surface area (TPSA) is 62.0 Å². The first-order chi connectivity index (χ1) is 12.1. The molecule has 6 heteroatoms. The van der Waals surface area contributed by atoms with E-state index < -0.39 is 0 Å². The molecule has 1 heterocycles. The van der Waals surface area contributed by atoms with Crippen LogP contribution in [0.15, 0.2) is 52.1 Å². The Labute approximate surface area is 149 Å². The minimum absolute atomic E-state index is 0.148. The predicted molar refractivity (Wildman–Crippen MR) is 101 cm³/mol. The molecule has 1 aromatic carbocycles. The average Bonchev–Trinajstić information content (AvgIpc) is 3.15. The molecule has 0 radical (unpaired) electrons. The largest absolute Gasteiger partial charge is 0.497 e. The Kier molecular flexibility index (Phi) is 7.35. The van der Waals surface area contributed by atoms with Crippen molar-refractivity contribution in [2.24, 2.45) is 4.99 Å². The number of guanidine groups is 1. The van der Waals surface area contributed by atoms with Gasteiger partial charge < -0.3 is 19.8 Å². The summed E-state index contributed by atoms with van der Waals surface area (Å²) in [5.74, 6) is 2.60. The van der Waals surface area contributed by atoms with Crippen LogP contribution >= 0.6 is 0 Å². The number of methoxy groups -OCH3 is 1. The van der Waals surface area contributed by atoms with Crippen LogP contribution in [0.1, 0.15) is 17.4 Å². The molecule has 0 aliphatic rings. The van der Waals surface area contributed by atoms with Gasteiger partial charge in [0.2, 0.25) is 0 Å². The third-order valence-electron chi connectivity index (χ3n) is 4.05. The molecule has 2 N–H and O–H groups in total. The molecule has 6 nitrogen and oxygen atoms in total. The van der Waals surface area contributed by atoms with Crippen LogP contribution in [0.5, 0.6) is 5.75 Å². The van der Waals surface area contributed by atoms with Crippen molar-refractivity contribution in [1.82, 2.24) is 15.5 Å². The molecule has 0 aliphatic heterocycles. The SMILES string of the molecule is CN=C(NCCc1ccc(OC)cc1)NCC(c1ccco1)N(C)C. The van der Waals surface area contributed by atoms with E-state index in [1.54, 1.807) is 20.4 Å². The van der Waals surface area contributed by atoms with Crippen molar-refractivity contribution in [3.63, 3.8) is 0 Å². The fraction of sp³-hybridized carbons (Fsp3) is 0.421. The van der Waals surface area contributed by atoms with Crippen LogP contribution in [0.2, 0.25) is 0 Å². The van der Waals surface area contributed by atoms with E-state index in [9.17, 15) is 0 Å². The zero-order valence-corrected chi connectivity index (χ0v) is 15.5. The smallest absolute Gasteiger partial charge is 0.191 e. The normalized spacial score (nSPS) is 12.9. The number of ether oxygens (including phenoxy) is 1. The van der Waals surface area contributed by atoms with Gasteiger partial charge in [-0.15, -0.1) is 0 Å². The third-order valence-corrected chi connectivity index (χ3v) is 4.05. The number of rotatable bonds is 8. The van der Waals surface area contributed by atoms with Crippen molar-refractivity contribution in [3.05, 3.63) is 54.0 Å². The van der Waals surface area contributed by atoms with Crippen molar-refractivity contribution in [2.75, 3.05) is 41.3 Å². The Morgan fingerprint density at radius 2 is 1.96 bits per heavy atom. The molecule has 136 valence electrons. The molecule has 0 aliphatic carbocycles. The molecule has 2 rings (SSSR count). The van der Waals surface area contributed by atoms with Crippen LogP contribution in [0, 0.1) is 0 Å². The molecule has 0 saturated carbocycles. The molecular weight excluding hydrogens is 316 g/mol. The number of nitrogens with zero attached hydrogens (tertiary/aromatic N) is 2. The molecule has 0 amide bonds. The van der Waals surface area contributed by atoms with E-state index >= 15 is 0 Å². The molecule has 0 fully saturated rings. The second-order valence-corrected chi connectivity index (χ2v) is 5.97. The molecule has 1 atom stereocenters. The molecule has 0 spiro atoms. The maximum absolute atomic E-state index is 5.53. The van der Waals surface area contributed by atoms with E-state index in [4.69, 9.17) is 9.15 Å². The number of aliphatic imine (C=N–C) groups is 1. The van der Waals surface area contributed by atoms with Crippen molar-refractivity contribution < 1.29 is 9.15 Å². The third kappa shape index (κ3) is 5.83. The first kappa shape index (κ1) is 18.9. The minimum Gasteiger partial charge on any atom is -0.497 e. The summed E-state index contributed by atoms with van der Waals surface area (Å²) in [5, 5.41) is 6.71. The number of nitrogens with one attached hydrogen (secondary N) is 2. The van der Waals surface area contributed by atoms with Gasteiger partial charge in [-0.2, -0.15) is 0 Å². The molecule has 1 aromatic heterocycles. The van der Waals surface area contributed by atoms with E-state index in [-0.39, 0.29) is 6.04 Å². The van der Waals surface area contributed by atoms with Crippen molar-refractivity contribution in [3.8, 4) is 5.75 Å². The second kappa shape index (κ2) is 9.74. The maximum Gasteiger partial charge on any atom is 0.191 e. The monoisotopic (exact) mass is 344 g/mol. The summed E-state index contributed by atoms with van der Waals surface area (Å²) in [6.07, 6.45) is 2.62. The van der Waals surface area contributed by atoms with Crippen LogP contribution in [-0.4, -0.2) is 52.2 Å². The Morgan fingerprint density at radius 3 is 2.52 bits per heavy atom. The molecule has 2 aromatic rings. The summed E-state index contributed by atoms with van der Waals surface area (Å²) >= 11 is 0.